The van der Waals surface area contributed by atoms with Gasteiger partial charge in [-0.05, 0) is 31.9 Å². The Balaban J connectivity index is 0.00000274. The lowest BCUT2D eigenvalue weighted by Crippen LogP contribution is -2.50. The molecular formula is C26H29ClN4O3. The third-order valence-corrected chi connectivity index (χ3v) is 6.98. The van der Waals surface area contributed by atoms with Crippen molar-refractivity contribution in [3.63, 3.8) is 0 Å². The number of fused-ring (bicyclic) bond motifs is 2. The van der Waals surface area contributed by atoms with E-state index in [0.717, 1.165) is 53.5 Å². The number of nitrogens with one attached hydrogen (secondary N) is 2. The van der Waals surface area contributed by atoms with Gasteiger partial charge in [0.2, 0.25) is 5.91 Å². The van der Waals surface area contributed by atoms with Crippen LogP contribution in [0.2, 0.25) is 0 Å². The number of likely N-dealkylation sites (N-methyl/N-ethyl adjacent to an activating group) is 1. The molecule has 7 nitrogen and oxygen atoms in total. The van der Waals surface area contributed by atoms with Crippen molar-refractivity contribution < 1.29 is 14.0 Å². The van der Waals surface area contributed by atoms with Gasteiger partial charge in [-0.1, -0.05) is 37.6 Å². The zero-order valence-electron chi connectivity index (χ0n) is 19.4. The molecule has 1 saturated carbocycles. The van der Waals surface area contributed by atoms with Crippen LogP contribution in [-0.4, -0.2) is 34.3 Å². The van der Waals surface area contributed by atoms with Crippen LogP contribution in [-0.2, 0) is 22.7 Å². The number of nitrogens with zero attached hydrogens (tertiary/aromatic N) is 2. The third-order valence-electron chi connectivity index (χ3n) is 6.98. The number of halogens is 1. The van der Waals surface area contributed by atoms with E-state index >= 15 is 0 Å². The molecule has 2 amide bonds. The molecule has 0 saturated heterocycles. The molecule has 0 unspecified atom stereocenters. The van der Waals surface area contributed by atoms with E-state index in [1.165, 1.54) is 0 Å². The molecule has 3 aromatic rings. The van der Waals surface area contributed by atoms with Gasteiger partial charge in [-0.3, -0.25) is 14.9 Å². The van der Waals surface area contributed by atoms with E-state index in [-0.39, 0.29) is 24.2 Å². The van der Waals surface area contributed by atoms with Crippen molar-refractivity contribution in [2.24, 2.45) is 0 Å². The summed E-state index contributed by atoms with van der Waals surface area (Å²) in [5.41, 5.74) is 3.19. The van der Waals surface area contributed by atoms with Crippen LogP contribution < -0.4 is 10.6 Å². The second-order valence-corrected chi connectivity index (χ2v) is 9.11. The summed E-state index contributed by atoms with van der Waals surface area (Å²) in [6, 6.07) is 9.74. The number of hydrogen-bond donors (Lipinski definition) is 2. The summed E-state index contributed by atoms with van der Waals surface area (Å²) in [6.45, 7) is 6.91. The first-order valence-electron chi connectivity index (χ1n) is 11.4. The number of para-hydroxylation sites is 1. The number of aryl methyl sites for hydroxylation is 1. The molecule has 2 N–H and O–H groups in total. The van der Waals surface area contributed by atoms with Crippen LogP contribution in [0, 0.1) is 6.92 Å². The van der Waals surface area contributed by atoms with Crippen molar-refractivity contribution in [1.82, 2.24) is 15.2 Å². The van der Waals surface area contributed by atoms with E-state index < -0.39 is 5.54 Å². The number of pyridine rings is 1. The molecule has 1 aliphatic carbocycles. The molecular weight excluding hydrogens is 452 g/mol. The molecule has 5 rings (SSSR count). The topological polar surface area (TPSA) is 87.5 Å². The largest absolute Gasteiger partial charge is 0.459 e. The molecule has 0 atom stereocenters. The second kappa shape index (κ2) is 9.24. The number of amides is 2. The molecule has 2 aliphatic rings. The van der Waals surface area contributed by atoms with Gasteiger partial charge in [-0.2, -0.15) is 0 Å². The third kappa shape index (κ3) is 4.10. The quantitative estimate of drug-likeness (QED) is 0.533. The first-order valence-corrected chi connectivity index (χ1v) is 11.4. The molecule has 1 aliphatic heterocycles. The summed E-state index contributed by atoms with van der Waals surface area (Å²) in [5.74, 6) is 1.09. The first-order chi connectivity index (χ1) is 15.9. The predicted octanol–water partition coefficient (Wildman–Crippen LogP) is 4.58. The molecule has 3 heterocycles. The zero-order valence-corrected chi connectivity index (χ0v) is 20.3. The first kappa shape index (κ1) is 24.0. The number of anilines is 1. The Bertz CT molecular complexity index is 1280. The maximum atomic E-state index is 13.1. The number of furan rings is 1. The number of carbonyl (C=O) groups excluding carboxylic acids is 2. The monoisotopic (exact) mass is 480 g/mol. The fourth-order valence-electron chi connectivity index (χ4n) is 4.89. The second-order valence-electron chi connectivity index (χ2n) is 9.11. The average Bonchev–Trinajstić information content (AvgIpc) is 3.39. The Morgan fingerprint density at radius 3 is 2.74 bits per heavy atom. The lowest BCUT2D eigenvalue weighted by atomic mass is 9.96. The van der Waals surface area contributed by atoms with E-state index in [1.807, 2.05) is 37.3 Å². The highest BCUT2D eigenvalue weighted by Crippen LogP contribution is 2.34. The summed E-state index contributed by atoms with van der Waals surface area (Å²) in [4.78, 5) is 32.0. The van der Waals surface area contributed by atoms with Crippen molar-refractivity contribution in [3.05, 3.63) is 65.6 Å². The van der Waals surface area contributed by atoms with E-state index in [1.54, 1.807) is 18.1 Å². The van der Waals surface area contributed by atoms with Crippen molar-refractivity contribution in [1.29, 1.82) is 0 Å². The highest BCUT2D eigenvalue weighted by atomic mass is 35.5. The summed E-state index contributed by atoms with van der Waals surface area (Å²) >= 11 is 0. The Morgan fingerprint density at radius 2 is 2.00 bits per heavy atom. The van der Waals surface area contributed by atoms with Gasteiger partial charge in [-0.25, -0.2) is 4.98 Å². The Hall–Kier alpha value is -3.16. The van der Waals surface area contributed by atoms with Crippen molar-refractivity contribution in [3.8, 4) is 0 Å². The minimum Gasteiger partial charge on any atom is -0.459 e. The van der Waals surface area contributed by atoms with Gasteiger partial charge in [0.15, 0.2) is 0 Å². The predicted molar refractivity (Wildman–Crippen MR) is 135 cm³/mol. The van der Waals surface area contributed by atoms with Crippen LogP contribution in [0.4, 0.5) is 5.82 Å². The van der Waals surface area contributed by atoms with Crippen molar-refractivity contribution in [2.45, 2.75) is 51.2 Å². The lowest BCUT2D eigenvalue weighted by Gasteiger charge is -2.26. The molecule has 1 aromatic carbocycles. The minimum absolute atomic E-state index is 0. The minimum atomic E-state index is -0.516. The number of benzene rings is 1. The molecule has 0 bridgehead atoms. The number of rotatable bonds is 4. The smallest absolute Gasteiger partial charge is 0.254 e. The number of carbonyl (C=O) groups is 2. The lowest BCUT2D eigenvalue weighted by molar-refractivity contribution is -0.124. The molecule has 1 spiro atoms. The van der Waals surface area contributed by atoms with Crippen LogP contribution in [0.3, 0.4) is 0 Å². The molecule has 8 heteroatoms. The number of aromatic nitrogens is 1. The van der Waals surface area contributed by atoms with Crippen LogP contribution in [0.1, 0.15) is 48.1 Å². The van der Waals surface area contributed by atoms with Gasteiger partial charge in [0.1, 0.15) is 17.2 Å². The standard InChI is InChI=1S/C26H28N4O3.ClH/c1-16(24(31)30(3)15-22-17(2)20-8-4-5-9-21(20)33-22)18-12-19-14-28-26(10-6-7-11-26)25(32)29-23(19)27-13-18;/h4-5,8-9,12-13,28H,1,6-7,10-11,14-15H2,2-3H3,(H,27,29,32);1H. The van der Waals surface area contributed by atoms with Crippen LogP contribution >= 0.6 is 12.4 Å². The highest BCUT2D eigenvalue weighted by molar-refractivity contribution is 6.18. The zero-order chi connectivity index (χ0) is 23.2. The van der Waals surface area contributed by atoms with Crippen LogP contribution in [0.5, 0.6) is 0 Å². The summed E-state index contributed by atoms with van der Waals surface area (Å²) < 4.78 is 5.96. The molecule has 2 aromatic heterocycles. The van der Waals surface area contributed by atoms with Crippen LogP contribution in [0.25, 0.3) is 16.5 Å². The van der Waals surface area contributed by atoms with Gasteiger partial charge < -0.3 is 14.6 Å². The SMILES string of the molecule is C=C(C(=O)N(C)Cc1oc2ccccc2c1C)c1cnc2c(c1)CNC1(CCCC1)C(=O)N2.Cl. The molecule has 178 valence electrons. The Labute approximate surface area is 205 Å². The normalized spacial score (nSPS) is 16.5. The molecule has 0 radical (unpaired) electrons. The fraction of sp³-hybridized carbons (Fsp3) is 0.346. The van der Waals surface area contributed by atoms with Gasteiger partial charge in [0.25, 0.3) is 5.91 Å². The van der Waals surface area contributed by atoms with Crippen molar-refractivity contribution >= 4 is 46.6 Å². The van der Waals surface area contributed by atoms with Gasteiger partial charge in [0, 0.05) is 47.4 Å². The number of hydrogen-bond acceptors (Lipinski definition) is 5. The van der Waals surface area contributed by atoms with Gasteiger partial charge in [-0.15, -0.1) is 12.4 Å². The Kier molecular flexibility index (Phi) is 6.51. The average molecular weight is 481 g/mol. The molecule has 34 heavy (non-hydrogen) atoms. The van der Waals surface area contributed by atoms with E-state index in [2.05, 4.69) is 22.2 Å². The van der Waals surface area contributed by atoms with Gasteiger partial charge in [0.05, 0.1) is 12.1 Å². The fourth-order valence-corrected chi connectivity index (χ4v) is 4.89. The Morgan fingerprint density at radius 1 is 1.26 bits per heavy atom. The van der Waals surface area contributed by atoms with Crippen LogP contribution in [0.15, 0.2) is 47.5 Å². The maximum absolute atomic E-state index is 13.1. The van der Waals surface area contributed by atoms with E-state index in [0.29, 0.717) is 30.0 Å². The molecule has 1 fully saturated rings. The highest BCUT2D eigenvalue weighted by Gasteiger charge is 2.42. The van der Waals surface area contributed by atoms with Gasteiger partial charge >= 0.3 is 0 Å². The van der Waals surface area contributed by atoms with Crippen molar-refractivity contribution in [2.75, 3.05) is 12.4 Å². The summed E-state index contributed by atoms with van der Waals surface area (Å²) in [6.07, 6.45) is 5.34. The summed E-state index contributed by atoms with van der Waals surface area (Å²) in [5, 5.41) is 7.47. The summed E-state index contributed by atoms with van der Waals surface area (Å²) in [7, 11) is 1.74. The maximum Gasteiger partial charge on any atom is 0.254 e. The van der Waals surface area contributed by atoms with E-state index in [9.17, 15) is 9.59 Å². The van der Waals surface area contributed by atoms with E-state index in [4.69, 9.17) is 4.42 Å².